The summed E-state index contributed by atoms with van der Waals surface area (Å²) in [5.74, 6) is 0.778. The molecule has 3 aliphatic carbocycles. The number of allylic oxidation sites excluding steroid dienone is 3. The summed E-state index contributed by atoms with van der Waals surface area (Å²) in [4.78, 5) is 12.4. The van der Waals surface area contributed by atoms with Gasteiger partial charge in [-0.3, -0.25) is 4.79 Å². The molecule has 2 aromatic rings. The third kappa shape index (κ3) is 2.21. The van der Waals surface area contributed by atoms with Crippen molar-refractivity contribution in [3.63, 3.8) is 0 Å². The molecule has 0 radical (unpaired) electrons. The van der Waals surface area contributed by atoms with Gasteiger partial charge in [-0.1, -0.05) is 37.3 Å². The third-order valence-electron chi connectivity index (χ3n) is 8.95. The molecule has 1 aromatic heterocycles. The monoisotopic (exact) mass is 410 g/mol. The van der Waals surface area contributed by atoms with Crippen LogP contribution in [0.5, 0.6) is 0 Å². The summed E-state index contributed by atoms with van der Waals surface area (Å²) in [6.07, 6.45) is 17.2. The Morgan fingerprint density at radius 3 is 2.84 bits per heavy atom. The highest BCUT2D eigenvalue weighted by molar-refractivity contribution is 5.87. The number of ketones is 1. The zero-order valence-corrected chi connectivity index (χ0v) is 17.9. The van der Waals surface area contributed by atoms with E-state index < -0.39 is 0 Å². The Labute approximate surface area is 182 Å². The van der Waals surface area contributed by atoms with Crippen molar-refractivity contribution in [2.24, 2.45) is 11.3 Å². The van der Waals surface area contributed by atoms with Crippen molar-refractivity contribution >= 4 is 22.1 Å². The predicted octanol–water partition coefficient (Wildman–Crippen LogP) is 5.35. The molecular formula is C27H26N2O2. The number of rotatable bonds is 1. The van der Waals surface area contributed by atoms with E-state index in [-0.39, 0.29) is 16.6 Å². The van der Waals surface area contributed by atoms with Gasteiger partial charge >= 0.3 is 0 Å². The van der Waals surface area contributed by atoms with E-state index in [4.69, 9.17) is 4.74 Å². The summed E-state index contributed by atoms with van der Waals surface area (Å²) in [6.45, 7) is 2.42. The van der Waals surface area contributed by atoms with Crippen molar-refractivity contribution in [2.45, 2.75) is 63.1 Å². The minimum atomic E-state index is -0.324. The van der Waals surface area contributed by atoms with Gasteiger partial charge in [-0.15, -0.1) is 0 Å². The van der Waals surface area contributed by atoms with Crippen molar-refractivity contribution in [1.82, 2.24) is 10.2 Å². The zero-order chi connectivity index (χ0) is 20.8. The van der Waals surface area contributed by atoms with Crippen LogP contribution in [0.1, 0.15) is 57.4 Å². The fourth-order valence-electron chi connectivity index (χ4n) is 7.41. The maximum atomic E-state index is 12.4. The fourth-order valence-corrected chi connectivity index (χ4v) is 7.41. The van der Waals surface area contributed by atoms with E-state index in [0.29, 0.717) is 24.5 Å². The second-order valence-corrected chi connectivity index (χ2v) is 10.4. The summed E-state index contributed by atoms with van der Waals surface area (Å²) in [5, 5.41) is 10.3. The average Bonchev–Trinajstić information content (AvgIpc) is 3.28. The summed E-state index contributed by atoms with van der Waals surface area (Å²) < 4.78 is 7.08. The van der Waals surface area contributed by atoms with E-state index >= 15 is 0 Å². The molecule has 7 rings (SSSR count). The molecule has 156 valence electrons. The molecule has 31 heavy (non-hydrogen) atoms. The highest BCUT2D eigenvalue weighted by atomic mass is 16.5. The summed E-state index contributed by atoms with van der Waals surface area (Å²) in [6, 6.07) is 6.65. The Bertz CT molecular complexity index is 1260. The molecule has 1 unspecified atom stereocenters. The van der Waals surface area contributed by atoms with E-state index in [0.717, 1.165) is 42.9 Å². The zero-order valence-electron chi connectivity index (χ0n) is 17.9. The maximum absolute atomic E-state index is 12.4. The maximum Gasteiger partial charge on any atom is 0.136 e. The molecule has 4 nitrogen and oxygen atoms in total. The number of benzene rings is 1. The standard InChI is InChI=1S/C27H26N2O2/c1-25-9-8-21-13-20-4-5-22(30)14-26(20)10-11-27(21,31-26)24(25)7-6-23(25)17-2-3-18-15-28-29-16-19(18)12-17/h2-3,6,8,12-13,15-16,24H,4-5,7,9-11,14H2,1H3/t24-,25-,26?,27-/m1/s1. The number of aromatic nitrogens is 2. The molecule has 0 amide bonds. The normalized spacial score (nSPS) is 38.2. The minimum absolute atomic E-state index is 0.0349. The number of carbonyl (C=O) groups is 1. The van der Waals surface area contributed by atoms with Crippen molar-refractivity contribution in [3.8, 4) is 0 Å². The van der Waals surface area contributed by atoms with Crippen LogP contribution in [0, 0.1) is 11.3 Å². The second-order valence-electron chi connectivity index (χ2n) is 10.4. The number of nitrogens with zero attached hydrogens (tertiary/aromatic N) is 2. The van der Waals surface area contributed by atoms with Gasteiger partial charge in [0.05, 0.1) is 23.6 Å². The van der Waals surface area contributed by atoms with Gasteiger partial charge in [0.15, 0.2) is 0 Å². The molecule has 2 bridgehead atoms. The summed E-state index contributed by atoms with van der Waals surface area (Å²) >= 11 is 0. The molecule has 0 N–H and O–H groups in total. The van der Waals surface area contributed by atoms with E-state index in [2.05, 4.69) is 53.5 Å². The lowest BCUT2D eigenvalue weighted by Crippen LogP contribution is -2.53. The number of hydrogen-bond acceptors (Lipinski definition) is 4. The number of Topliss-reactive ketones (excluding diaryl/α,β-unsaturated/α-hetero) is 1. The van der Waals surface area contributed by atoms with Crippen LogP contribution in [0.4, 0.5) is 0 Å². The third-order valence-corrected chi connectivity index (χ3v) is 8.95. The lowest BCUT2D eigenvalue weighted by molar-refractivity contribution is -0.143. The number of fused-ring (bicyclic) bond motifs is 2. The van der Waals surface area contributed by atoms with Crippen LogP contribution in [0.3, 0.4) is 0 Å². The second kappa shape index (κ2) is 5.80. The van der Waals surface area contributed by atoms with E-state index in [1.165, 1.54) is 22.3 Å². The Morgan fingerprint density at radius 2 is 1.94 bits per heavy atom. The molecule has 4 atom stereocenters. The quantitative estimate of drug-likeness (QED) is 0.636. The van der Waals surface area contributed by atoms with E-state index in [1.807, 2.05) is 12.4 Å². The van der Waals surface area contributed by atoms with Crippen molar-refractivity contribution in [3.05, 3.63) is 65.5 Å². The van der Waals surface area contributed by atoms with Gasteiger partial charge < -0.3 is 4.74 Å². The Kier molecular flexibility index (Phi) is 3.37. The lowest BCUT2D eigenvalue weighted by Gasteiger charge is -2.53. The van der Waals surface area contributed by atoms with Gasteiger partial charge in [-0.2, -0.15) is 10.2 Å². The van der Waals surface area contributed by atoms with Gasteiger partial charge in [0.25, 0.3) is 0 Å². The Balaban J connectivity index is 1.32. The molecular weight excluding hydrogens is 384 g/mol. The largest absolute Gasteiger partial charge is 0.359 e. The highest BCUT2D eigenvalue weighted by Gasteiger charge is 2.65. The van der Waals surface area contributed by atoms with Crippen molar-refractivity contribution < 1.29 is 9.53 Å². The van der Waals surface area contributed by atoms with Crippen LogP contribution in [-0.4, -0.2) is 27.2 Å². The van der Waals surface area contributed by atoms with Gasteiger partial charge in [-0.25, -0.2) is 0 Å². The fraction of sp³-hybridized carbons (Fsp3) is 0.444. The first-order valence-corrected chi connectivity index (χ1v) is 11.6. The van der Waals surface area contributed by atoms with Crippen LogP contribution in [-0.2, 0) is 9.53 Å². The smallest absolute Gasteiger partial charge is 0.136 e. The Morgan fingerprint density at radius 1 is 1.06 bits per heavy atom. The SMILES string of the molecule is C[C@]12CC=C3C=C4CCC(=O)CC45CC[C@]3(O5)[C@@H]1CC=C2c1ccc2cnncc2c1. The van der Waals surface area contributed by atoms with Crippen LogP contribution >= 0.6 is 0 Å². The molecule has 1 saturated heterocycles. The van der Waals surface area contributed by atoms with Gasteiger partial charge in [0.2, 0.25) is 0 Å². The van der Waals surface area contributed by atoms with Crippen LogP contribution in [0.15, 0.2) is 60.0 Å². The highest BCUT2D eigenvalue weighted by Crippen LogP contribution is 2.67. The van der Waals surface area contributed by atoms with Crippen molar-refractivity contribution in [1.29, 1.82) is 0 Å². The van der Waals surface area contributed by atoms with Gasteiger partial charge in [-0.05, 0) is 60.5 Å². The summed E-state index contributed by atoms with van der Waals surface area (Å²) in [5.41, 5.74) is 4.94. The molecule has 3 heterocycles. The molecule has 4 heteroatoms. The van der Waals surface area contributed by atoms with Gasteiger partial charge in [0.1, 0.15) is 5.78 Å². The first-order valence-electron chi connectivity index (χ1n) is 11.6. The number of hydrogen-bond donors (Lipinski definition) is 0. The molecule has 1 aromatic carbocycles. The van der Waals surface area contributed by atoms with Gasteiger partial charge in [0, 0.05) is 34.9 Å². The van der Waals surface area contributed by atoms with E-state index in [9.17, 15) is 4.79 Å². The van der Waals surface area contributed by atoms with E-state index in [1.54, 1.807) is 0 Å². The van der Waals surface area contributed by atoms with Crippen LogP contribution < -0.4 is 0 Å². The molecule has 5 aliphatic rings. The lowest BCUT2D eigenvalue weighted by atomic mass is 9.58. The molecule has 2 spiro atoms. The molecule has 2 aliphatic heterocycles. The minimum Gasteiger partial charge on any atom is -0.359 e. The number of carbonyl (C=O) groups excluding carboxylic acids is 1. The number of ether oxygens (including phenoxy) is 1. The predicted molar refractivity (Wildman–Crippen MR) is 119 cm³/mol. The van der Waals surface area contributed by atoms with Crippen molar-refractivity contribution in [2.75, 3.05) is 0 Å². The molecule has 1 saturated carbocycles. The average molecular weight is 411 g/mol. The first kappa shape index (κ1) is 18.0. The topological polar surface area (TPSA) is 52.1 Å². The van der Waals surface area contributed by atoms with Crippen LogP contribution in [0.2, 0.25) is 0 Å². The Hall–Kier alpha value is -2.59. The summed E-state index contributed by atoms with van der Waals surface area (Å²) in [7, 11) is 0. The van der Waals surface area contributed by atoms with Crippen LogP contribution in [0.25, 0.3) is 16.3 Å². The first-order chi connectivity index (χ1) is 15.0. The molecule has 2 fully saturated rings.